The fourth-order valence-corrected chi connectivity index (χ4v) is 3.88. The fraction of sp³-hybridized carbons (Fsp3) is 0.350. The van der Waals surface area contributed by atoms with Crippen LogP contribution in [0.15, 0.2) is 24.3 Å². The molecule has 0 radical (unpaired) electrons. The maximum atomic E-state index is 14.2. The van der Waals surface area contributed by atoms with E-state index in [1.807, 2.05) is 0 Å². The quantitative estimate of drug-likeness (QED) is 0.574. The van der Waals surface area contributed by atoms with Crippen molar-refractivity contribution in [3.63, 3.8) is 0 Å². The monoisotopic (exact) mass is 460 g/mol. The number of hydrogen-bond acceptors (Lipinski definition) is 5. The molecule has 162 valence electrons. The van der Waals surface area contributed by atoms with E-state index in [0.717, 1.165) is 12.1 Å². The Morgan fingerprint density at radius 2 is 2.00 bits per heavy atom. The average molecular weight is 461 g/mol. The molecular weight excluding hydrogens is 441 g/mol. The largest absolute Gasteiger partial charge is 0.490 e. The van der Waals surface area contributed by atoms with E-state index in [1.165, 1.54) is 11.0 Å². The van der Waals surface area contributed by atoms with Crippen LogP contribution in [0, 0.1) is 18.6 Å². The number of nitrogens with zero attached hydrogens (tertiary/aromatic N) is 1. The van der Waals surface area contributed by atoms with Crippen molar-refractivity contribution >= 4 is 41.0 Å². The van der Waals surface area contributed by atoms with E-state index in [4.69, 9.17) is 27.9 Å². The van der Waals surface area contributed by atoms with Crippen molar-refractivity contribution in [2.75, 3.05) is 29.9 Å². The molecule has 2 atom stereocenters. The first-order valence-corrected chi connectivity index (χ1v) is 9.84. The molecule has 0 aliphatic carbocycles. The Balaban J connectivity index is 1.73. The third kappa shape index (κ3) is 4.46. The number of amides is 1. The number of anilines is 2. The van der Waals surface area contributed by atoms with E-state index in [9.17, 15) is 23.8 Å². The number of benzene rings is 2. The van der Waals surface area contributed by atoms with Gasteiger partial charge in [-0.15, -0.1) is 0 Å². The molecule has 30 heavy (non-hydrogen) atoms. The van der Waals surface area contributed by atoms with Crippen LogP contribution in [0.4, 0.5) is 20.2 Å². The highest BCUT2D eigenvalue weighted by Gasteiger charge is 2.42. The lowest BCUT2D eigenvalue weighted by atomic mass is 9.89. The predicted octanol–water partition coefficient (Wildman–Crippen LogP) is 3.53. The number of halogens is 4. The number of ether oxygens (including phenoxy) is 1. The van der Waals surface area contributed by atoms with Crippen LogP contribution in [0.1, 0.15) is 12.0 Å². The van der Waals surface area contributed by atoms with Gasteiger partial charge in [-0.05, 0) is 37.6 Å². The summed E-state index contributed by atoms with van der Waals surface area (Å²) in [7, 11) is 0. The van der Waals surface area contributed by atoms with Crippen molar-refractivity contribution in [2.24, 2.45) is 0 Å². The zero-order valence-electron chi connectivity index (χ0n) is 16.0. The Morgan fingerprint density at radius 1 is 1.33 bits per heavy atom. The van der Waals surface area contributed by atoms with Gasteiger partial charge in [0.15, 0.2) is 11.6 Å². The van der Waals surface area contributed by atoms with Gasteiger partial charge in [-0.25, -0.2) is 8.78 Å². The van der Waals surface area contributed by atoms with Gasteiger partial charge in [-0.3, -0.25) is 4.79 Å². The standard InChI is InChI=1S/C20H20Cl2F2N2O4/c1-11-16(3-2-13(22)18(11)25-10-27)30-9-20(29)4-5-26(8-17(20)28)19-14(23)6-12(21)7-15(19)24/h2-3,6-7,10,17,28-29H,4-5,8-9H2,1H3,(H,25,27)/t17-,20-/m1/s1. The van der Waals surface area contributed by atoms with E-state index >= 15 is 0 Å². The molecule has 1 saturated heterocycles. The van der Waals surface area contributed by atoms with Crippen molar-refractivity contribution < 1.29 is 28.5 Å². The van der Waals surface area contributed by atoms with Crippen LogP contribution in [-0.4, -0.2) is 48.0 Å². The van der Waals surface area contributed by atoms with Gasteiger partial charge in [-0.2, -0.15) is 0 Å². The van der Waals surface area contributed by atoms with Crippen molar-refractivity contribution in [1.82, 2.24) is 0 Å². The second kappa shape index (κ2) is 8.93. The zero-order valence-corrected chi connectivity index (χ0v) is 17.5. The molecule has 1 aliphatic rings. The maximum absolute atomic E-state index is 14.2. The van der Waals surface area contributed by atoms with Gasteiger partial charge in [0.05, 0.1) is 10.7 Å². The van der Waals surface area contributed by atoms with Crippen LogP contribution in [0.25, 0.3) is 0 Å². The molecule has 1 fully saturated rings. The topological polar surface area (TPSA) is 82.0 Å². The molecule has 3 rings (SSSR count). The molecule has 3 N–H and O–H groups in total. The number of hydrogen-bond donors (Lipinski definition) is 3. The predicted molar refractivity (Wildman–Crippen MR) is 111 cm³/mol. The second-order valence-corrected chi connectivity index (χ2v) is 7.97. The molecule has 0 saturated carbocycles. The smallest absolute Gasteiger partial charge is 0.211 e. The van der Waals surface area contributed by atoms with Crippen LogP contribution in [-0.2, 0) is 4.79 Å². The molecular formula is C20H20Cl2F2N2O4. The summed E-state index contributed by atoms with van der Waals surface area (Å²) in [5.41, 5.74) is -1.02. The third-order valence-electron chi connectivity index (χ3n) is 5.17. The molecule has 1 aliphatic heterocycles. The molecule has 0 bridgehead atoms. The Bertz CT molecular complexity index is 940. The average Bonchev–Trinajstić information content (AvgIpc) is 2.67. The van der Waals surface area contributed by atoms with Gasteiger partial charge in [0, 0.05) is 23.7 Å². The summed E-state index contributed by atoms with van der Waals surface area (Å²) in [4.78, 5) is 12.1. The van der Waals surface area contributed by atoms with Crippen LogP contribution >= 0.6 is 23.2 Å². The number of carbonyl (C=O) groups excluding carboxylic acids is 1. The normalized spacial score (nSPS) is 21.4. The summed E-state index contributed by atoms with van der Waals surface area (Å²) < 4.78 is 34.1. The number of piperidine rings is 1. The van der Waals surface area contributed by atoms with Crippen LogP contribution < -0.4 is 15.0 Å². The fourth-order valence-electron chi connectivity index (χ4n) is 3.43. The van der Waals surface area contributed by atoms with Gasteiger partial charge in [-0.1, -0.05) is 23.2 Å². The highest BCUT2D eigenvalue weighted by atomic mass is 35.5. The SMILES string of the molecule is Cc1c(OC[C@]2(O)CCN(c3c(F)cc(Cl)cc3F)C[C@H]2O)ccc(Cl)c1NC=O. The number of rotatable bonds is 6. The minimum absolute atomic E-state index is 0.00174. The van der Waals surface area contributed by atoms with E-state index < -0.39 is 23.3 Å². The third-order valence-corrected chi connectivity index (χ3v) is 5.70. The van der Waals surface area contributed by atoms with Gasteiger partial charge in [0.2, 0.25) is 6.41 Å². The van der Waals surface area contributed by atoms with E-state index in [1.54, 1.807) is 13.0 Å². The van der Waals surface area contributed by atoms with E-state index in [-0.39, 0.29) is 36.8 Å². The number of aliphatic hydroxyl groups is 2. The van der Waals surface area contributed by atoms with Crippen molar-refractivity contribution in [2.45, 2.75) is 25.0 Å². The molecule has 1 amide bonds. The molecule has 2 aromatic rings. The van der Waals surface area contributed by atoms with Crippen molar-refractivity contribution in [3.05, 3.63) is 51.5 Å². The summed E-state index contributed by atoms with van der Waals surface area (Å²) in [5, 5.41) is 24.1. The van der Waals surface area contributed by atoms with Crippen LogP contribution in [0.3, 0.4) is 0 Å². The lowest BCUT2D eigenvalue weighted by Gasteiger charge is -2.42. The first kappa shape index (κ1) is 22.6. The highest BCUT2D eigenvalue weighted by molar-refractivity contribution is 6.33. The maximum Gasteiger partial charge on any atom is 0.211 e. The van der Waals surface area contributed by atoms with Crippen LogP contribution in [0.5, 0.6) is 5.75 Å². The Hall–Kier alpha value is -2.13. The van der Waals surface area contributed by atoms with Gasteiger partial charge < -0.3 is 25.2 Å². The van der Waals surface area contributed by atoms with E-state index in [2.05, 4.69) is 5.32 Å². The van der Waals surface area contributed by atoms with Crippen LogP contribution in [0.2, 0.25) is 10.0 Å². The number of aliphatic hydroxyl groups excluding tert-OH is 1. The van der Waals surface area contributed by atoms with Gasteiger partial charge >= 0.3 is 0 Å². The first-order chi connectivity index (χ1) is 14.2. The Kier molecular flexibility index (Phi) is 6.71. The molecule has 0 spiro atoms. The minimum Gasteiger partial charge on any atom is -0.490 e. The molecule has 2 aromatic carbocycles. The minimum atomic E-state index is -1.64. The lowest BCUT2D eigenvalue weighted by Crippen LogP contribution is -2.58. The summed E-state index contributed by atoms with van der Waals surface area (Å²) in [6.45, 7) is 1.30. The van der Waals surface area contributed by atoms with Crippen molar-refractivity contribution in [1.29, 1.82) is 0 Å². The second-order valence-electron chi connectivity index (χ2n) is 7.13. The van der Waals surface area contributed by atoms with E-state index in [0.29, 0.717) is 28.4 Å². The summed E-state index contributed by atoms with van der Waals surface area (Å²) in [6.07, 6.45) is -0.845. The first-order valence-electron chi connectivity index (χ1n) is 9.08. The lowest BCUT2D eigenvalue weighted by molar-refractivity contribution is -0.109. The van der Waals surface area contributed by atoms with Crippen molar-refractivity contribution in [3.8, 4) is 5.75 Å². The summed E-state index contributed by atoms with van der Waals surface area (Å²) in [6, 6.07) is 5.09. The molecule has 6 nitrogen and oxygen atoms in total. The molecule has 1 heterocycles. The Morgan fingerprint density at radius 3 is 2.60 bits per heavy atom. The van der Waals surface area contributed by atoms with Gasteiger partial charge in [0.25, 0.3) is 0 Å². The number of β-amino-alcohol motifs (C(OH)–C–C–N with tert-alkyl or cyclic N) is 1. The molecule has 0 unspecified atom stereocenters. The Labute approximate surface area is 182 Å². The zero-order chi connectivity index (χ0) is 22.1. The molecule has 0 aromatic heterocycles. The summed E-state index contributed by atoms with van der Waals surface area (Å²) in [5.74, 6) is -1.33. The number of carbonyl (C=O) groups is 1. The summed E-state index contributed by atoms with van der Waals surface area (Å²) >= 11 is 11.7. The number of nitrogens with one attached hydrogen (secondary N) is 1. The highest BCUT2D eigenvalue weighted by Crippen LogP contribution is 2.35. The van der Waals surface area contributed by atoms with Gasteiger partial charge in [0.1, 0.15) is 29.7 Å². The molecule has 10 heteroatoms.